The second kappa shape index (κ2) is 10.6. The largest absolute Gasteiger partial charge is 0.494 e. The van der Waals surface area contributed by atoms with Gasteiger partial charge in [0.25, 0.3) is 5.91 Å². The van der Waals surface area contributed by atoms with Gasteiger partial charge in [-0.25, -0.2) is 4.79 Å². The van der Waals surface area contributed by atoms with Crippen LogP contribution in [0.5, 0.6) is 5.75 Å². The first kappa shape index (κ1) is 23.6. The number of hydrogen-bond donors (Lipinski definition) is 0. The summed E-state index contributed by atoms with van der Waals surface area (Å²) >= 11 is 0. The maximum Gasteiger partial charge on any atom is 0.414 e. The zero-order valence-electron chi connectivity index (χ0n) is 19.7. The van der Waals surface area contributed by atoms with Gasteiger partial charge in [-0.3, -0.25) is 14.5 Å². The number of carbonyl (C=O) groups excluding carboxylic acids is 3. The van der Waals surface area contributed by atoms with E-state index in [9.17, 15) is 14.4 Å². The Morgan fingerprint density at radius 3 is 2.50 bits per heavy atom. The maximum atomic E-state index is 13.0. The highest BCUT2D eigenvalue weighted by Crippen LogP contribution is 2.32. The second-order valence-electron chi connectivity index (χ2n) is 8.74. The molecule has 180 valence electrons. The first-order chi connectivity index (χ1) is 16.4. The molecule has 1 fully saturated rings. The average Bonchev–Trinajstić information content (AvgIpc) is 2.86. The maximum absolute atomic E-state index is 13.0. The summed E-state index contributed by atoms with van der Waals surface area (Å²) in [5, 5.41) is 0. The minimum Gasteiger partial charge on any atom is -0.494 e. The molecule has 0 aliphatic carbocycles. The van der Waals surface area contributed by atoms with Crippen LogP contribution in [0.2, 0.25) is 0 Å². The zero-order valence-corrected chi connectivity index (χ0v) is 19.7. The Morgan fingerprint density at radius 1 is 1.09 bits per heavy atom. The number of rotatable bonds is 7. The summed E-state index contributed by atoms with van der Waals surface area (Å²) in [4.78, 5) is 41.9. The van der Waals surface area contributed by atoms with Crippen LogP contribution in [0.15, 0.2) is 48.5 Å². The predicted octanol–water partition coefficient (Wildman–Crippen LogP) is 3.70. The van der Waals surface area contributed by atoms with E-state index in [1.165, 1.54) is 0 Å². The molecule has 0 unspecified atom stereocenters. The third-order valence-corrected chi connectivity index (χ3v) is 6.46. The molecule has 0 aromatic heterocycles. The normalized spacial score (nSPS) is 16.0. The van der Waals surface area contributed by atoms with E-state index in [4.69, 9.17) is 9.47 Å². The molecule has 0 bridgehead atoms. The molecule has 1 saturated heterocycles. The average molecular weight is 466 g/mol. The SMILES string of the molecule is CC(=O)N(C)CCCOc1ccc(C(=O)N2CCC(N3C(=O)OCc4ccccc43)CC2)cc1. The Morgan fingerprint density at radius 2 is 1.79 bits per heavy atom. The third kappa shape index (κ3) is 5.32. The van der Waals surface area contributed by atoms with Crippen molar-refractivity contribution in [3.63, 3.8) is 0 Å². The fourth-order valence-electron chi connectivity index (χ4n) is 4.37. The van der Waals surface area contributed by atoms with E-state index in [1.54, 1.807) is 48.0 Å². The van der Waals surface area contributed by atoms with Crippen molar-refractivity contribution in [1.82, 2.24) is 9.80 Å². The Balaban J connectivity index is 1.28. The molecule has 2 aliphatic rings. The molecule has 2 heterocycles. The molecule has 8 heteroatoms. The van der Waals surface area contributed by atoms with Crippen LogP contribution in [0.4, 0.5) is 10.5 Å². The van der Waals surface area contributed by atoms with Crippen LogP contribution >= 0.6 is 0 Å². The van der Waals surface area contributed by atoms with E-state index < -0.39 is 0 Å². The summed E-state index contributed by atoms with van der Waals surface area (Å²) in [7, 11) is 1.77. The predicted molar refractivity (Wildman–Crippen MR) is 128 cm³/mol. The number of nitrogens with zero attached hydrogens (tertiary/aromatic N) is 3. The Labute approximate surface area is 200 Å². The molecule has 34 heavy (non-hydrogen) atoms. The minimum atomic E-state index is -0.313. The van der Waals surface area contributed by atoms with Gasteiger partial charge in [-0.05, 0) is 49.6 Å². The molecule has 0 saturated carbocycles. The van der Waals surface area contributed by atoms with Gasteiger partial charge in [0.15, 0.2) is 0 Å². The van der Waals surface area contributed by atoms with Crippen LogP contribution < -0.4 is 9.64 Å². The van der Waals surface area contributed by atoms with Crippen molar-refractivity contribution in [1.29, 1.82) is 0 Å². The summed E-state index contributed by atoms with van der Waals surface area (Å²) in [6.07, 6.45) is 1.82. The van der Waals surface area contributed by atoms with Gasteiger partial charge in [-0.1, -0.05) is 18.2 Å². The van der Waals surface area contributed by atoms with Crippen molar-refractivity contribution >= 4 is 23.6 Å². The summed E-state index contributed by atoms with van der Waals surface area (Å²) < 4.78 is 11.1. The van der Waals surface area contributed by atoms with E-state index in [0.29, 0.717) is 57.0 Å². The summed E-state index contributed by atoms with van der Waals surface area (Å²) in [5.41, 5.74) is 2.53. The van der Waals surface area contributed by atoms with E-state index in [0.717, 1.165) is 17.7 Å². The molecule has 0 spiro atoms. The van der Waals surface area contributed by atoms with Crippen molar-refractivity contribution in [2.24, 2.45) is 0 Å². The van der Waals surface area contributed by atoms with Gasteiger partial charge in [0.05, 0.1) is 12.3 Å². The number of ether oxygens (including phenoxy) is 2. The second-order valence-corrected chi connectivity index (χ2v) is 8.74. The first-order valence-electron chi connectivity index (χ1n) is 11.7. The molecular formula is C26H31N3O5. The number of fused-ring (bicyclic) bond motifs is 1. The number of amides is 3. The number of para-hydroxylation sites is 1. The Bertz CT molecular complexity index is 1030. The van der Waals surface area contributed by atoms with Gasteiger partial charge in [0.1, 0.15) is 12.4 Å². The summed E-state index contributed by atoms with van der Waals surface area (Å²) in [6.45, 7) is 4.15. The third-order valence-electron chi connectivity index (χ3n) is 6.46. The van der Waals surface area contributed by atoms with Crippen molar-refractivity contribution in [2.45, 2.75) is 38.8 Å². The number of benzene rings is 2. The lowest BCUT2D eigenvalue weighted by atomic mass is 10.00. The van der Waals surface area contributed by atoms with Crippen LogP contribution in [0.25, 0.3) is 0 Å². The fraction of sp³-hybridized carbons (Fsp3) is 0.423. The lowest BCUT2D eigenvalue weighted by molar-refractivity contribution is -0.127. The summed E-state index contributed by atoms with van der Waals surface area (Å²) in [6, 6.07) is 15.0. The number of anilines is 1. The summed E-state index contributed by atoms with van der Waals surface area (Å²) in [5.74, 6) is 0.713. The molecule has 2 aliphatic heterocycles. The highest BCUT2D eigenvalue weighted by molar-refractivity contribution is 5.94. The Hall–Kier alpha value is -3.55. The number of hydrogen-bond acceptors (Lipinski definition) is 5. The van der Waals surface area contributed by atoms with E-state index in [-0.39, 0.29) is 23.9 Å². The number of likely N-dealkylation sites (tertiary alicyclic amines) is 1. The van der Waals surface area contributed by atoms with Crippen LogP contribution in [-0.2, 0) is 16.1 Å². The lowest BCUT2D eigenvalue weighted by Gasteiger charge is -2.40. The molecule has 0 atom stereocenters. The van der Waals surface area contributed by atoms with E-state index >= 15 is 0 Å². The minimum absolute atomic E-state index is 0.0100. The number of cyclic esters (lactones) is 1. The van der Waals surface area contributed by atoms with E-state index in [1.807, 2.05) is 29.2 Å². The van der Waals surface area contributed by atoms with Crippen LogP contribution in [-0.4, -0.2) is 67.0 Å². The number of carbonyl (C=O) groups is 3. The molecular weight excluding hydrogens is 434 g/mol. The molecule has 3 amide bonds. The van der Waals surface area contributed by atoms with Crippen LogP contribution in [0, 0.1) is 0 Å². The van der Waals surface area contributed by atoms with Gasteiger partial charge in [0.2, 0.25) is 5.91 Å². The first-order valence-corrected chi connectivity index (χ1v) is 11.7. The quantitative estimate of drug-likeness (QED) is 0.583. The zero-order chi connectivity index (χ0) is 24.1. The molecule has 2 aromatic rings. The van der Waals surface area contributed by atoms with Gasteiger partial charge < -0.3 is 19.3 Å². The van der Waals surface area contributed by atoms with Crippen molar-refractivity contribution in [3.8, 4) is 5.75 Å². The van der Waals surface area contributed by atoms with Gasteiger partial charge in [-0.2, -0.15) is 0 Å². The van der Waals surface area contributed by atoms with E-state index in [2.05, 4.69) is 0 Å². The standard InChI is InChI=1S/C26H31N3O5/c1-19(30)27(2)14-5-17-33-23-10-8-20(9-11-23)25(31)28-15-12-22(13-16-28)29-24-7-4-3-6-21(24)18-34-26(29)32/h3-4,6-11,22H,5,12-18H2,1-2H3. The van der Waals surface area contributed by atoms with Crippen LogP contribution in [0.1, 0.15) is 42.1 Å². The monoisotopic (exact) mass is 465 g/mol. The van der Waals surface area contributed by atoms with Gasteiger partial charge in [-0.15, -0.1) is 0 Å². The molecule has 8 nitrogen and oxygen atoms in total. The van der Waals surface area contributed by atoms with Crippen molar-refractivity contribution in [2.75, 3.05) is 38.2 Å². The van der Waals surface area contributed by atoms with Gasteiger partial charge in [0, 0.05) is 50.8 Å². The Kier molecular flexibility index (Phi) is 7.35. The van der Waals surface area contributed by atoms with Crippen LogP contribution in [0.3, 0.4) is 0 Å². The highest BCUT2D eigenvalue weighted by Gasteiger charge is 2.35. The molecule has 2 aromatic carbocycles. The van der Waals surface area contributed by atoms with Crippen molar-refractivity contribution < 1.29 is 23.9 Å². The van der Waals surface area contributed by atoms with Crippen molar-refractivity contribution in [3.05, 3.63) is 59.7 Å². The van der Waals surface area contributed by atoms with Gasteiger partial charge >= 0.3 is 6.09 Å². The lowest BCUT2D eigenvalue weighted by Crippen LogP contribution is -2.50. The fourth-order valence-corrected chi connectivity index (χ4v) is 4.37. The number of piperidine rings is 1. The molecule has 0 radical (unpaired) electrons. The molecule has 4 rings (SSSR count). The molecule has 0 N–H and O–H groups in total. The smallest absolute Gasteiger partial charge is 0.414 e. The highest BCUT2D eigenvalue weighted by atomic mass is 16.6. The topological polar surface area (TPSA) is 79.4 Å².